The lowest BCUT2D eigenvalue weighted by atomic mass is 9.77. The molecular formula is C12H14F3NO. The summed E-state index contributed by atoms with van der Waals surface area (Å²) in [6.07, 6.45) is 1.85. The number of hydrogen-bond donors (Lipinski definition) is 2. The lowest BCUT2D eigenvalue weighted by Crippen LogP contribution is -2.39. The topological polar surface area (TPSA) is 46.2 Å². The molecule has 2 nitrogen and oxygen atoms in total. The van der Waals surface area contributed by atoms with E-state index in [0.29, 0.717) is 12.8 Å². The zero-order chi connectivity index (χ0) is 12.6. The first-order valence-electron chi connectivity index (χ1n) is 5.56. The van der Waals surface area contributed by atoms with Crippen molar-refractivity contribution in [1.29, 1.82) is 0 Å². The molecule has 0 aliphatic heterocycles. The van der Waals surface area contributed by atoms with Crippen molar-refractivity contribution in [3.8, 4) is 0 Å². The van der Waals surface area contributed by atoms with Crippen LogP contribution in [0.5, 0.6) is 0 Å². The van der Waals surface area contributed by atoms with Crippen LogP contribution in [-0.2, 0) is 5.60 Å². The molecule has 0 amide bonds. The number of rotatable bonds is 1. The van der Waals surface area contributed by atoms with Crippen molar-refractivity contribution in [2.75, 3.05) is 0 Å². The Morgan fingerprint density at radius 1 is 1.24 bits per heavy atom. The van der Waals surface area contributed by atoms with E-state index in [0.717, 1.165) is 18.6 Å². The van der Waals surface area contributed by atoms with Gasteiger partial charge in [-0.25, -0.2) is 13.2 Å². The normalized spacial score (nSPS) is 29.4. The van der Waals surface area contributed by atoms with E-state index in [-0.39, 0.29) is 18.0 Å². The molecule has 1 aromatic carbocycles. The van der Waals surface area contributed by atoms with E-state index in [1.807, 2.05) is 0 Å². The van der Waals surface area contributed by atoms with E-state index >= 15 is 0 Å². The Hall–Kier alpha value is -1.07. The third-order valence-electron chi connectivity index (χ3n) is 3.30. The van der Waals surface area contributed by atoms with Crippen LogP contribution in [0.3, 0.4) is 0 Å². The Kier molecular flexibility index (Phi) is 3.14. The largest absolute Gasteiger partial charge is 0.385 e. The quantitative estimate of drug-likeness (QED) is 0.745. The Morgan fingerprint density at radius 2 is 1.94 bits per heavy atom. The van der Waals surface area contributed by atoms with Crippen molar-refractivity contribution in [3.63, 3.8) is 0 Å². The van der Waals surface area contributed by atoms with Crippen LogP contribution >= 0.6 is 0 Å². The van der Waals surface area contributed by atoms with Gasteiger partial charge in [-0.3, -0.25) is 0 Å². The van der Waals surface area contributed by atoms with Gasteiger partial charge in [-0.05, 0) is 31.7 Å². The fourth-order valence-electron chi connectivity index (χ4n) is 2.42. The van der Waals surface area contributed by atoms with Crippen LogP contribution in [-0.4, -0.2) is 11.1 Å². The third kappa shape index (κ3) is 2.17. The molecule has 0 spiro atoms. The molecular weight excluding hydrogens is 231 g/mol. The molecule has 1 saturated carbocycles. The summed E-state index contributed by atoms with van der Waals surface area (Å²) in [6, 6.07) is 1.67. The summed E-state index contributed by atoms with van der Waals surface area (Å²) in [5.41, 5.74) is 4.02. The Balaban J connectivity index is 2.42. The lowest BCUT2D eigenvalue weighted by Gasteiger charge is -2.36. The van der Waals surface area contributed by atoms with Gasteiger partial charge in [-0.2, -0.15) is 0 Å². The first-order chi connectivity index (χ1) is 7.94. The molecule has 1 aliphatic carbocycles. The lowest BCUT2D eigenvalue weighted by molar-refractivity contribution is -0.0108. The van der Waals surface area contributed by atoms with Crippen LogP contribution in [0.15, 0.2) is 12.1 Å². The summed E-state index contributed by atoms with van der Waals surface area (Å²) in [6.45, 7) is 0. The zero-order valence-corrected chi connectivity index (χ0v) is 9.22. The molecule has 94 valence electrons. The van der Waals surface area contributed by atoms with Gasteiger partial charge in [0.1, 0.15) is 0 Å². The molecule has 17 heavy (non-hydrogen) atoms. The van der Waals surface area contributed by atoms with Crippen LogP contribution < -0.4 is 5.73 Å². The minimum Gasteiger partial charge on any atom is -0.385 e. The average Bonchev–Trinajstić information content (AvgIpc) is 2.25. The van der Waals surface area contributed by atoms with Gasteiger partial charge in [0.25, 0.3) is 0 Å². The number of hydrogen-bond acceptors (Lipinski definition) is 2. The summed E-state index contributed by atoms with van der Waals surface area (Å²) < 4.78 is 39.5. The molecule has 5 heteroatoms. The molecule has 1 fully saturated rings. The highest BCUT2D eigenvalue weighted by Crippen LogP contribution is 2.38. The maximum Gasteiger partial charge on any atom is 0.194 e. The molecule has 2 atom stereocenters. The van der Waals surface area contributed by atoms with E-state index in [4.69, 9.17) is 5.73 Å². The minimum atomic E-state index is -1.55. The number of halogens is 3. The van der Waals surface area contributed by atoms with Crippen LogP contribution in [0, 0.1) is 17.5 Å². The summed E-state index contributed by atoms with van der Waals surface area (Å²) in [7, 11) is 0. The molecule has 0 heterocycles. The van der Waals surface area contributed by atoms with Crippen LogP contribution in [0.2, 0.25) is 0 Å². The van der Waals surface area contributed by atoms with Gasteiger partial charge in [-0.15, -0.1) is 0 Å². The van der Waals surface area contributed by atoms with Gasteiger partial charge in [0.2, 0.25) is 0 Å². The maximum atomic E-state index is 13.6. The van der Waals surface area contributed by atoms with Crippen LogP contribution in [0.4, 0.5) is 13.2 Å². The second-order valence-corrected chi connectivity index (χ2v) is 4.61. The maximum absolute atomic E-state index is 13.6. The molecule has 0 saturated heterocycles. The van der Waals surface area contributed by atoms with E-state index in [1.54, 1.807) is 0 Å². The van der Waals surface area contributed by atoms with Gasteiger partial charge in [0.05, 0.1) is 5.60 Å². The molecule has 2 rings (SSSR count). The van der Waals surface area contributed by atoms with E-state index in [2.05, 4.69) is 0 Å². The van der Waals surface area contributed by atoms with E-state index in [1.165, 1.54) is 0 Å². The molecule has 0 bridgehead atoms. The van der Waals surface area contributed by atoms with Crippen molar-refractivity contribution in [2.24, 2.45) is 5.73 Å². The summed E-state index contributed by atoms with van der Waals surface area (Å²) in [4.78, 5) is 0. The van der Waals surface area contributed by atoms with Crippen molar-refractivity contribution in [2.45, 2.75) is 37.3 Å². The molecule has 3 N–H and O–H groups in total. The van der Waals surface area contributed by atoms with Crippen molar-refractivity contribution in [3.05, 3.63) is 35.1 Å². The molecule has 1 aromatic rings. The van der Waals surface area contributed by atoms with Gasteiger partial charge in [0.15, 0.2) is 17.5 Å². The fraction of sp³-hybridized carbons (Fsp3) is 0.500. The number of benzene rings is 1. The molecule has 0 aromatic heterocycles. The Bertz CT molecular complexity index is 438. The molecule has 1 aliphatic rings. The summed E-state index contributed by atoms with van der Waals surface area (Å²) in [5, 5.41) is 10.3. The minimum absolute atomic E-state index is 0.162. The van der Waals surface area contributed by atoms with Crippen molar-refractivity contribution in [1.82, 2.24) is 0 Å². The number of nitrogens with two attached hydrogens (primary N) is 1. The van der Waals surface area contributed by atoms with Crippen molar-refractivity contribution < 1.29 is 18.3 Å². The molecule has 2 unspecified atom stereocenters. The van der Waals surface area contributed by atoms with E-state index in [9.17, 15) is 18.3 Å². The van der Waals surface area contributed by atoms with Gasteiger partial charge < -0.3 is 10.8 Å². The highest BCUT2D eigenvalue weighted by atomic mass is 19.2. The van der Waals surface area contributed by atoms with Crippen molar-refractivity contribution >= 4 is 0 Å². The van der Waals surface area contributed by atoms with Crippen LogP contribution in [0.25, 0.3) is 0 Å². The smallest absolute Gasteiger partial charge is 0.194 e. The van der Waals surface area contributed by atoms with Gasteiger partial charge in [0, 0.05) is 11.6 Å². The summed E-state index contributed by atoms with van der Waals surface area (Å²) in [5.74, 6) is -4.12. The second kappa shape index (κ2) is 4.31. The Morgan fingerprint density at radius 3 is 2.59 bits per heavy atom. The monoisotopic (exact) mass is 245 g/mol. The highest BCUT2D eigenvalue weighted by Gasteiger charge is 2.37. The fourth-order valence-corrected chi connectivity index (χ4v) is 2.42. The SMILES string of the molecule is NC1CCCC(O)(c2ccc(F)c(F)c2F)C1. The van der Waals surface area contributed by atoms with Gasteiger partial charge >= 0.3 is 0 Å². The molecule has 0 radical (unpaired) electrons. The second-order valence-electron chi connectivity index (χ2n) is 4.61. The predicted octanol–water partition coefficient (Wildman–Crippen LogP) is 2.19. The highest BCUT2D eigenvalue weighted by molar-refractivity contribution is 5.27. The Labute approximate surface area is 97.2 Å². The zero-order valence-electron chi connectivity index (χ0n) is 9.22. The number of aliphatic hydroxyl groups is 1. The third-order valence-corrected chi connectivity index (χ3v) is 3.30. The summed E-state index contributed by atoms with van der Waals surface area (Å²) >= 11 is 0. The standard InChI is InChI=1S/C12H14F3NO/c13-9-4-3-8(10(14)11(9)15)12(17)5-1-2-7(16)6-12/h3-4,7,17H,1-2,5-6,16H2. The first kappa shape index (κ1) is 12.4. The predicted molar refractivity (Wildman–Crippen MR) is 56.7 cm³/mol. The van der Waals surface area contributed by atoms with Crippen LogP contribution in [0.1, 0.15) is 31.2 Å². The van der Waals surface area contributed by atoms with E-state index < -0.39 is 23.1 Å². The first-order valence-corrected chi connectivity index (χ1v) is 5.56. The average molecular weight is 245 g/mol. The van der Waals surface area contributed by atoms with Gasteiger partial charge in [-0.1, -0.05) is 6.07 Å².